The van der Waals surface area contributed by atoms with Crippen molar-refractivity contribution in [1.29, 1.82) is 0 Å². The Morgan fingerprint density at radius 2 is 1.75 bits per heavy atom. The standard InChI is InChI=1S/C16H25NO3/c1-19-15-10-13-6-8-17(7-4-3-5-9-18)12-14(13)11-16(15)20-2/h10-11,18H,3-9,12H2,1-2H3. The van der Waals surface area contributed by atoms with Crippen molar-refractivity contribution in [1.82, 2.24) is 4.90 Å². The normalized spacial score (nSPS) is 14.9. The molecule has 0 fully saturated rings. The Hall–Kier alpha value is -1.26. The van der Waals surface area contributed by atoms with Crippen LogP contribution >= 0.6 is 0 Å². The molecule has 0 atom stereocenters. The van der Waals surface area contributed by atoms with Crippen molar-refractivity contribution in [2.75, 3.05) is 33.9 Å². The minimum atomic E-state index is 0.305. The largest absolute Gasteiger partial charge is 0.493 e. The molecule has 1 N–H and O–H groups in total. The van der Waals surface area contributed by atoms with Crippen molar-refractivity contribution in [3.8, 4) is 11.5 Å². The lowest BCUT2D eigenvalue weighted by molar-refractivity contribution is 0.238. The lowest BCUT2D eigenvalue weighted by atomic mass is 9.98. The molecule has 0 saturated heterocycles. The number of ether oxygens (including phenoxy) is 2. The summed E-state index contributed by atoms with van der Waals surface area (Å²) < 4.78 is 10.7. The fourth-order valence-electron chi connectivity index (χ4n) is 2.76. The molecule has 112 valence electrons. The van der Waals surface area contributed by atoms with E-state index in [0.717, 1.165) is 56.8 Å². The van der Waals surface area contributed by atoms with Gasteiger partial charge in [-0.25, -0.2) is 0 Å². The molecule has 1 aromatic carbocycles. The summed E-state index contributed by atoms with van der Waals surface area (Å²) in [6.07, 6.45) is 4.24. The molecule has 0 amide bonds. The fourth-order valence-corrected chi connectivity index (χ4v) is 2.76. The number of nitrogens with zero attached hydrogens (tertiary/aromatic N) is 1. The Morgan fingerprint density at radius 1 is 1.05 bits per heavy atom. The molecule has 2 rings (SSSR count). The van der Waals surface area contributed by atoms with Gasteiger partial charge in [-0.15, -0.1) is 0 Å². The van der Waals surface area contributed by atoms with Crippen LogP contribution in [0.1, 0.15) is 30.4 Å². The molecule has 1 aromatic rings. The van der Waals surface area contributed by atoms with Gasteiger partial charge in [0.25, 0.3) is 0 Å². The van der Waals surface area contributed by atoms with E-state index in [2.05, 4.69) is 17.0 Å². The monoisotopic (exact) mass is 279 g/mol. The molecule has 0 radical (unpaired) electrons. The van der Waals surface area contributed by atoms with Crippen LogP contribution in [-0.4, -0.2) is 43.9 Å². The predicted molar refractivity (Wildman–Crippen MR) is 79.5 cm³/mol. The first-order chi connectivity index (χ1) is 9.78. The van der Waals surface area contributed by atoms with Crippen LogP contribution < -0.4 is 9.47 Å². The molecule has 0 spiro atoms. The Labute approximate surface area is 121 Å². The van der Waals surface area contributed by atoms with Crippen LogP contribution in [0.5, 0.6) is 11.5 Å². The van der Waals surface area contributed by atoms with Crippen molar-refractivity contribution in [2.24, 2.45) is 0 Å². The van der Waals surface area contributed by atoms with Crippen LogP contribution in [0.15, 0.2) is 12.1 Å². The van der Waals surface area contributed by atoms with E-state index in [0.29, 0.717) is 6.61 Å². The highest BCUT2D eigenvalue weighted by atomic mass is 16.5. The SMILES string of the molecule is COc1cc2c(cc1OC)CN(CCCCCO)CC2. The molecule has 0 saturated carbocycles. The molecule has 4 nitrogen and oxygen atoms in total. The first-order valence-electron chi connectivity index (χ1n) is 7.35. The number of rotatable bonds is 7. The van der Waals surface area contributed by atoms with Gasteiger partial charge in [0, 0.05) is 19.7 Å². The highest BCUT2D eigenvalue weighted by Gasteiger charge is 2.18. The predicted octanol–water partition coefficient (Wildman–Crippen LogP) is 2.22. The number of fused-ring (bicyclic) bond motifs is 1. The summed E-state index contributed by atoms with van der Waals surface area (Å²) in [6, 6.07) is 4.21. The molecule has 1 heterocycles. The van der Waals surface area contributed by atoms with Crippen LogP contribution in [-0.2, 0) is 13.0 Å². The number of hydrogen-bond acceptors (Lipinski definition) is 4. The molecule has 0 bridgehead atoms. The number of benzene rings is 1. The molecule has 1 aliphatic heterocycles. The smallest absolute Gasteiger partial charge is 0.161 e. The van der Waals surface area contributed by atoms with E-state index < -0.39 is 0 Å². The minimum Gasteiger partial charge on any atom is -0.493 e. The average molecular weight is 279 g/mol. The molecule has 0 aliphatic carbocycles. The number of hydrogen-bond donors (Lipinski definition) is 1. The lowest BCUT2D eigenvalue weighted by Crippen LogP contribution is -2.31. The van der Waals surface area contributed by atoms with Gasteiger partial charge >= 0.3 is 0 Å². The first-order valence-corrected chi connectivity index (χ1v) is 7.35. The summed E-state index contributed by atoms with van der Waals surface area (Å²) >= 11 is 0. The Morgan fingerprint density at radius 3 is 2.40 bits per heavy atom. The van der Waals surface area contributed by atoms with Crippen LogP contribution in [0.4, 0.5) is 0 Å². The van der Waals surface area contributed by atoms with Crippen molar-refractivity contribution in [2.45, 2.75) is 32.2 Å². The second-order valence-corrected chi connectivity index (χ2v) is 5.29. The van der Waals surface area contributed by atoms with Gasteiger partial charge in [0.1, 0.15) is 0 Å². The third-order valence-electron chi connectivity index (χ3n) is 3.93. The average Bonchev–Trinajstić information content (AvgIpc) is 2.50. The van der Waals surface area contributed by atoms with Crippen LogP contribution in [0.3, 0.4) is 0 Å². The van der Waals surface area contributed by atoms with Gasteiger partial charge in [0.2, 0.25) is 0 Å². The van der Waals surface area contributed by atoms with Gasteiger partial charge in [-0.05, 0) is 55.5 Å². The molecular weight excluding hydrogens is 254 g/mol. The third kappa shape index (κ3) is 3.64. The summed E-state index contributed by atoms with van der Waals surface area (Å²) in [5, 5.41) is 8.80. The van der Waals surface area contributed by atoms with E-state index in [1.807, 2.05) is 0 Å². The van der Waals surface area contributed by atoms with Crippen LogP contribution in [0.25, 0.3) is 0 Å². The second-order valence-electron chi connectivity index (χ2n) is 5.29. The summed E-state index contributed by atoms with van der Waals surface area (Å²) in [5.41, 5.74) is 2.71. The van der Waals surface area contributed by atoms with E-state index in [4.69, 9.17) is 14.6 Å². The van der Waals surface area contributed by atoms with Gasteiger partial charge in [-0.2, -0.15) is 0 Å². The molecular formula is C16H25NO3. The molecule has 1 aliphatic rings. The van der Waals surface area contributed by atoms with Crippen molar-refractivity contribution in [3.63, 3.8) is 0 Å². The summed E-state index contributed by atoms with van der Waals surface area (Å²) in [6.45, 7) is 3.49. The van der Waals surface area contributed by atoms with Crippen LogP contribution in [0, 0.1) is 0 Å². The van der Waals surface area contributed by atoms with Gasteiger partial charge in [0.05, 0.1) is 14.2 Å². The molecule has 4 heteroatoms. The summed E-state index contributed by atoms with van der Waals surface area (Å²) in [5.74, 6) is 1.64. The quantitative estimate of drug-likeness (QED) is 0.777. The first kappa shape index (κ1) is 15.1. The van der Waals surface area contributed by atoms with E-state index in [9.17, 15) is 0 Å². The van der Waals surface area contributed by atoms with E-state index in [1.54, 1.807) is 14.2 Å². The Bertz CT molecular complexity index is 434. The summed E-state index contributed by atoms with van der Waals surface area (Å²) in [4.78, 5) is 2.48. The third-order valence-corrected chi connectivity index (χ3v) is 3.93. The second kappa shape index (κ2) is 7.50. The van der Waals surface area contributed by atoms with Crippen molar-refractivity contribution >= 4 is 0 Å². The summed E-state index contributed by atoms with van der Waals surface area (Å²) in [7, 11) is 3.36. The maximum atomic E-state index is 8.80. The number of aliphatic hydroxyl groups excluding tert-OH is 1. The zero-order valence-electron chi connectivity index (χ0n) is 12.5. The number of unbranched alkanes of at least 4 members (excludes halogenated alkanes) is 2. The van der Waals surface area contributed by atoms with E-state index in [1.165, 1.54) is 11.1 Å². The van der Waals surface area contributed by atoms with Gasteiger partial charge < -0.3 is 14.6 Å². The maximum absolute atomic E-state index is 8.80. The van der Waals surface area contributed by atoms with Gasteiger partial charge in [-0.1, -0.05) is 0 Å². The van der Waals surface area contributed by atoms with Crippen LogP contribution in [0.2, 0.25) is 0 Å². The lowest BCUT2D eigenvalue weighted by Gasteiger charge is -2.29. The molecule has 20 heavy (non-hydrogen) atoms. The highest BCUT2D eigenvalue weighted by Crippen LogP contribution is 2.33. The van der Waals surface area contributed by atoms with Crippen molar-refractivity contribution in [3.05, 3.63) is 23.3 Å². The van der Waals surface area contributed by atoms with Gasteiger partial charge in [-0.3, -0.25) is 4.90 Å². The number of aliphatic hydroxyl groups is 1. The highest BCUT2D eigenvalue weighted by molar-refractivity contribution is 5.48. The zero-order valence-corrected chi connectivity index (χ0v) is 12.5. The topological polar surface area (TPSA) is 41.9 Å². The Kier molecular flexibility index (Phi) is 5.68. The minimum absolute atomic E-state index is 0.305. The Balaban J connectivity index is 1.98. The maximum Gasteiger partial charge on any atom is 0.161 e. The number of methoxy groups -OCH3 is 2. The molecule has 0 unspecified atom stereocenters. The van der Waals surface area contributed by atoms with Gasteiger partial charge in [0.15, 0.2) is 11.5 Å². The fraction of sp³-hybridized carbons (Fsp3) is 0.625. The van der Waals surface area contributed by atoms with Crippen molar-refractivity contribution < 1.29 is 14.6 Å². The van der Waals surface area contributed by atoms with E-state index >= 15 is 0 Å². The zero-order chi connectivity index (χ0) is 14.4. The van der Waals surface area contributed by atoms with E-state index in [-0.39, 0.29) is 0 Å². The molecule has 0 aromatic heterocycles.